The predicted octanol–water partition coefficient (Wildman–Crippen LogP) is 5.30. The second-order valence-electron chi connectivity index (χ2n) is 4.59. The summed E-state index contributed by atoms with van der Waals surface area (Å²) in [5, 5.41) is 4.31. The Hall–Kier alpha value is -1.67. The molecule has 2 nitrogen and oxygen atoms in total. The lowest BCUT2D eigenvalue weighted by Crippen LogP contribution is -2.10. The van der Waals surface area contributed by atoms with Crippen LogP contribution >= 0.6 is 11.6 Å². The lowest BCUT2D eigenvalue weighted by molar-refractivity contribution is 0.341. The van der Waals surface area contributed by atoms with Crippen LogP contribution in [0, 0.1) is 0 Å². The number of para-hydroxylation sites is 2. The molecule has 0 saturated heterocycles. The van der Waals surface area contributed by atoms with Gasteiger partial charge in [0.25, 0.3) is 0 Å². The van der Waals surface area contributed by atoms with Gasteiger partial charge in [0.05, 0.1) is 18.3 Å². The number of ether oxygens (including phenoxy) is 1. The molecule has 1 N–H and O–H groups in total. The highest BCUT2D eigenvalue weighted by Crippen LogP contribution is 2.30. The standard InChI is InChI=1S/C17H20ClNO/c1-3-15(13-9-11-14(18)12-10-13)19-16-7-5-6-8-17(16)20-4-2/h5-12,15,19H,3-4H2,1-2H3. The van der Waals surface area contributed by atoms with Gasteiger partial charge in [-0.25, -0.2) is 0 Å². The van der Waals surface area contributed by atoms with Crippen molar-refractivity contribution in [1.29, 1.82) is 0 Å². The summed E-state index contributed by atoms with van der Waals surface area (Å²) in [5.74, 6) is 0.891. The summed E-state index contributed by atoms with van der Waals surface area (Å²) in [5.41, 5.74) is 2.25. The summed E-state index contributed by atoms with van der Waals surface area (Å²) in [4.78, 5) is 0. The Bertz CT molecular complexity index is 539. The Kier molecular flexibility index (Phi) is 5.31. The van der Waals surface area contributed by atoms with Gasteiger partial charge in [-0.15, -0.1) is 0 Å². The zero-order chi connectivity index (χ0) is 14.4. The fraction of sp³-hybridized carbons (Fsp3) is 0.294. The molecule has 0 aliphatic carbocycles. The first-order valence-electron chi connectivity index (χ1n) is 6.98. The first-order valence-corrected chi connectivity index (χ1v) is 7.36. The van der Waals surface area contributed by atoms with E-state index in [0.29, 0.717) is 6.61 Å². The number of halogens is 1. The molecule has 20 heavy (non-hydrogen) atoms. The molecule has 0 bridgehead atoms. The molecule has 1 atom stereocenters. The smallest absolute Gasteiger partial charge is 0.142 e. The fourth-order valence-electron chi connectivity index (χ4n) is 2.17. The van der Waals surface area contributed by atoms with Crippen LogP contribution in [0.1, 0.15) is 31.9 Å². The normalized spacial score (nSPS) is 11.9. The zero-order valence-corrected chi connectivity index (χ0v) is 12.7. The Morgan fingerprint density at radius 2 is 1.75 bits per heavy atom. The molecule has 106 valence electrons. The topological polar surface area (TPSA) is 21.3 Å². The Morgan fingerprint density at radius 1 is 1.05 bits per heavy atom. The largest absolute Gasteiger partial charge is 0.492 e. The molecule has 3 heteroatoms. The van der Waals surface area contributed by atoms with Crippen molar-refractivity contribution in [3.05, 3.63) is 59.1 Å². The molecule has 0 saturated carbocycles. The third kappa shape index (κ3) is 3.67. The highest BCUT2D eigenvalue weighted by molar-refractivity contribution is 6.30. The summed E-state index contributed by atoms with van der Waals surface area (Å²) < 4.78 is 5.65. The molecular formula is C17H20ClNO. The molecule has 0 heterocycles. The van der Waals surface area contributed by atoms with E-state index in [1.54, 1.807) is 0 Å². The van der Waals surface area contributed by atoms with Gasteiger partial charge < -0.3 is 10.1 Å². The first kappa shape index (κ1) is 14.7. The van der Waals surface area contributed by atoms with Gasteiger partial charge in [-0.1, -0.05) is 42.8 Å². The van der Waals surface area contributed by atoms with Crippen molar-refractivity contribution in [3.8, 4) is 5.75 Å². The SMILES string of the molecule is CCOc1ccccc1NC(CC)c1ccc(Cl)cc1. The van der Waals surface area contributed by atoms with Crippen LogP contribution in [0.5, 0.6) is 5.75 Å². The Morgan fingerprint density at radius 3 is 2.40 bits per heavy atom. The maximum Gasteiger partial charge on any atom is 0.142 e. The summed E-state index contributed by atoms with van der Waals surface area (Å²) in [6, 6.07) is 16.3. The lowest BCUT2D eigenvalue weighted by atomic mass is 10.0. The number of benzene rings is 2. The van der Waals surface area contributed by atoms with E-state index in [1.807, 2.05) is 43.3 Å². The van der Waals surface area contributed by atoms with Crippen molar-refractivity contribution in [1.82, 2.24) is 0 Å². The van der Waals surface area contributed by atoms with E-state index >= 15 is 0 Å². The van der Waals surface area contributed by atoms with E-state index in [4.69, 9.17) is 16.3 Å². The molecule has 0 spiro atoms. The average molecular weight is 290 g/mol. The number of nitrogens with one attached hydrogen (secondary N) is 1. The quantitative estimate of drug-likeness (QED) is 0.779. The van der Waals surface area contributed by atoms with Crippen LogP contribution in [0.15, 0.2) is 48.5 Å². The molecule has 0 radical (unpaired) electrons. The molecule has 2 aromatic rings. The third-order valence-electron chi connectivity index (χ3n) is 3.20. The van der Waals surface area contributed by atoms with E-state index in [-0.39, 0.29) is 6.04 Å². The van der Waals surface area contributed by atoms with Gasteiger partial charge >= 0.3 is 0 Å². The molecule has 0 fully saturated rings. The van der Waals surface area contributed by atoms with Crippen LogP contribution in [-0.2, 0) is 0 Å². The lowest BCUT2D eigenvalue weighted by Gasteiger charge is -2.21. The summed E-state index contributed by atoms with van der Waals surface area (Å²) in [6.07, 6.45) is 0.988. The fourth-order valence-corrected chi connectivity index (χ4v) is 2.30. The van der Waals surface area contributed by atoms with Crippen LogP contribution < -0.4 is 10.1 Å². The molecule has 2 aromatic carbocycles. The van der Waals surface area contributed by atoms with Crippen molar-refractivity contribution < 1.29 is 4.74 Å². The van der Waals surface area contributed by atoms with Gasteiger partial charge in [-0.2, -0.15) is 0 Å². The minimum atomic E-state index is 0.244. The minimum absolute atomic E-state index is 0.244. The van der Waals surface area contributed by atoms with E-state index in [1.165, 1.54) is 5.56 Å². The maximum atomic E-state index is 5.95. The highest BCUT2D eigenvalue weighted by Gasteiger charge is 2.11. The second-order valence-corrected chi connectivity index (χ2v) is 5.02. The maximum absolute atomic E-state index is 5.95. The molecule has 1 unspecified atom stereocenters. The van der Waals surface area contributed by atoms with Gasteiger partial charge in [-0.3, -0.25) is 0 Å². The van der Waals surface area contributed by atoms with Gasteiger partial charge in [0.2, 0.25) is 0 Å². The van der Waals surface area contributed by atoms with Gasteiger partial charge in [0, 0.05) is 5.02 Å². The van der Waals surface area contributed by atoms with E-state index in [9.17, 15) is 0 Å². The molecule has 0 amide bonds. The van der Waals surface area contributed by atoms with Crippen molar-refractivity contribution in [3.63, 3.8) is 0 Å². The number of rotatable bonds is 6. The summed E-state index contributed by atoms with van der Waals surface area (Å²) in [6.45, 7) is 4.82. The Labute approximate surface area is 125 Å². The van der Waals surface area contributed by atoms with E-state index in [2.05, 4.69) is 24.4 Å². The third-order valence-corrected chi connectivity index (χ3v) is 3.45. The Balaban J connectivity index is 2.20. The highest BCUT2D eigenvalue weighted by atomic mass is 35.5. The van der Waals surface area contributed by atoms with Crippen molar-refractivity contribution in [2.75, 3.05) is 11.9 Å². The van der Waals surface area contributed by atoms with Crippen LogP contribution in [0.4, 0.5) is 5.69 Å². The summed E-state index contributed by atoms with van der Waals surface area (Å²) >= 11 is 5.95. The van der Waals surface area contributed by atoms with Crippen LogP contribution in [0.25, 0.3) is 0 Å². The minimum Gasteiger partial charge on any atom is -0.492 e. The number of hydrogen-bond donors (Lipinski definition) is 1. The molecule has 2 rings (SSSR count). The summed E-state index contributed by atoms with van der Waals surface area (Å²) in [7, 11) is 0. The average Bonchev–Trinajstić information content (AvgIpc) is 2.48. The van der Waals surface area contributed by atoms with Crippen LogP contribution in [0.2, 0.25) is 5.02 Å². The molecular weight excluding hydrogens is 270 g/mol. The van der Waals surface area contributed by atoms with E-state index in [0.717, 1.165) is 22.9 Å². The second kappa shape index (κ2) is 7.20. The number of anilines is 1. The van der Waals surface area contributed by atoms with Gasteiger partial charge in [0.15, 0.2) is 0 Å². The first-order chi connectivity index (χ1) is 9.74. The van der Waals surface area contributed by atoms with Crippen LogP contribution in [0.3, 0.4) is 0 Å². The predicted molar refractivity (Wildman–Crippen MR) is 85.7 cm³/mol. The zero-order valence-electron chi connectivity index (χ0n) is 11.9. The van der Waals surface area contributed by atoms with Gasteiger partial charge in [-0.05, 0) is 43.2 Å². The van der Waals surface area contributed by atoms with Crippen LogP contribution in [-0.4, -0.2) is 6.61 Å². The molecule has 0 aliphatic rings. The molecule has 0 aliphatic heterocycles. The van der Waals surface area contributed by atoms with Gasteiger partial charge in [0.1, 0.15) is 5.75 Å². The molecule has 0 aromatic heterocycles. The monoisotopic (exact) mass is 289 g/mol. The van der Waals surface area contributed by atoms with Crippen molar-refractivity contribution >= 4 is 17.3 Å². The number of hydrogen-bond acceptors (Lipinski definition) is 2. The van der Waals surface area contributed by atoms with Crippen molar-refractivity contribution in [2.45, 2.75) is 26.3 Å². The van der Waals surface area contributed by atoms with Crippen molar-refractivity contribution in [2.24, 2.45) is 0 Å². The van der Waals surface area contributed by atoms with E-state index < -0.39 is 0 Å².